The molecular formula is C20H24O2. The molecule has 0 amide bonds. The first-order valence-electron chi connectivity index (χ1n) is 8.16. The predicted molar refractivity (Wildman–Crippen MR) is 88.2 cm³/mol. The van der Waals surface area contributed by atoms with Crippen LogP contribution < -0.4 is 0 Å². The minimum atomic E-state index is -0.0708. The van der Waals surface area contributed by atoms with E-state index in [1.807, 2.05) is 13.8 Å². The van der Waals surface area contributed by atoms with Gasteiger partial charge in [-0.1, -0.05) is 37.3 Å². The molecule has 3 aliphatic rings. The summed E-state index contributed by atoms with van der Waals surface area (Å²) in [5, 5.41) is 0. The van der Waals surface area contributed by atoms with Crippen LogP contribution in [0.3, 0.4) is 0 Å². The molecule has 0 aromatic carbocycles. The molecule has 0 radical (unpaired) electrons. The Morgan fingerprint density at radius 1 is 1.32 bits per heavy atom. The highest BCUT2D eigenvalue weighted by Crippen LogP contribution is 2.50. The summed E-state index contributed by atoms with van der Waals surface area (Å²) < 4.78 is 0. The lowest BCUT2D eigenvalue weighted by Crippen LogP contribution is -2.32. The lowest BCUT2D eigenvalue weighted by Gasteiger charge is -2.39. The quantitative estimate of drug-likeness (QED) is 0.680. The Morgan fingerprint density at radius 3 is 2.64 bits per heavy atom. The van der Waals surface area contributed by atoms with Crippen LogP contribution in [0.15, 0.2) is 47.1 Å². The fraction of sp³-hybridized carbons (Fsp3) is 0.500. The van der Waals surface area contributed by atoms with Gasteiger partial charge in [0.25, 0.3) is 0 Å². The summed E-state index contributed by atoms with van der Waals surface area (Å²) in [7, 11) is 0. The van der Waals surface area contributed by atoms with Crippen molar-refractivity contribution >= 4 is 11.6 Å². The van der Waals surface area contributed by atoms with Crippen LogP contribution >= 0.6 is 0 Å². The Labute approximate surface area is 132 Å². The molecule has 116 valence electrons. The normalized spacial score (nSPS) is 35.0. The Bertz CT molecular complexity index is 659. The summed E-state index contributed by atoms with van der Waals surface area (Å²) in [4.78, 5) is 25.4. The van der Waals surface area contributed by atoms with Crippen molar-refractivity contribution in [1.29, 1.82) is 0 Å². The van der Waals surface area contributed by atoms with E-state index < -0.39 is 0 Å². The summed E-state index contributed by atoms with van der Waals surface area (Å²) in [5.41, 5.74) is 4.55. The predicted octanol–water partition coefficient (Wildman–Crippen LogP) is 4.20. The zero-order valence-corrected chi connectivity index (χ0v) is 13.7. The monoisotopic (exact) mass is 296 g/mol. The molecule has 1 saturated carbocycles. The molecule has 0 aromatic rings. The lowest BCUT2D eigenvalue weighted by atomic mass is 9.64. The van der Waals surface area contributed by atoms with Crippen LogP contribution in [0.5, 0.6) is 0 Å². The Hall–Kier alpha value is -1.70. The van der Waals surface area contributed by atoms with Crippen LogP contribution in [0.25, 0.3) is 0 Å². The molecule has 2 nitrogen and oxygen atoms in total. The van der Waals surface area contributed by atoms with E-state index in [0.29, 0.717) is 12.3 Å². The second-order valence-corrected chi connectivity index (χ2v) is 7.25. The van der Waals surface area contributed by atoms with Crippen molar-refractivity contribution in [2.45, 2.75) is 40.0 Å². The molecule has 0 N–H and O–H groups in total. The Morgan fingerprint density at radius 2 is 2.00 bits per heavy atom. The molecule has 0 bridgehead atoms. The molecule has 3 rings (SSSR count). The molecule has 0 aromatic heterocycles. The zero-order valence-electron chi connectivity index (χ0n) is 13.7. The van der Waals surface area contributed by atoms with Crippen LogP contribution in [0.2, 0.25) is 0 Å². The van der Waals surface area contributed by atoms with Gasteiger partial charge in [-0.25, -0.2) is 0 Å². The first kappa shape index (κ1) is 15.2. The second kappa shape index (κ2) is 5.19. The number of fused-ring (bicyclic) bond motifs is 2. The van der Waals surface area contributed by atoms with Crippen LogP contribution in [0.4, 0.5) is 0 Å². The summed E-state index contributed by atoms with van der Waals surface area (Å²) in [6.45, 7) is 14.3. The highest BCUT2D eigenvalue weighted by molar-refractivity contribution is 6.17. The minimum Gasteiger partial charge on any atom is -0.294 e. The van der Waals surface area contributed by atoms with Gasteiger partial charge in [0.05, 0.1) is 0 Å². The molecule has 2 unspecified atom stereocenters. The number of carbonyl (C=O) groups is 2. The fourth-order valence-electron chi connectivity index (χ4n) is 4.46. The van der Waals surface area contributed by atoms with E-state index in [0.717, 1.165) is 40.7 Å². The van der Waals surface area contributed by atoms with Gasteiger partial charge in [-0.2, -0.15) is 0 Å². The highest BCUT2D eigenvalue weighted by atomic mass is 16.1. The van der Waals surface area contributed by atoms with Gasteiger partial charge in [0.15, 0.2) is 11.6 Å². The Kier molecular flexibility index (Phi) is 3.58. The second-order valence-electron chi connectivity index (χ2n) is 7.25. The molecule has 2 heteroatoms. The smallest absolute Gasteiger partial charge is 0.184 e. The van der Waals surface area contributed by atoms with Crippen molar-refractivity contribution in [2.75, 3.05) is 0 Å². The third-order valence-electron chi connectivity index (χ3n) is 5.63. The minimum absolute atomic E-state index is 0.00398. The molecule has 0 spiro atoms. The summed E-state index contributed by atoms with van der Waals surface area (Å²) in [5.74, 6) is 0.640. The maximum Gasteiger partial charge on any atom is 0.184 e. The first-order valence-corrected chi connectivity index (χ1v) is 8.16. The standard InChI is InChI=1S/C20H24O2/c1-10(2)14-7-6-11(3)17-15(14)8-12(4)19(21)16-9-13(5)20(22)18(16)17/h8,13-15,17H,1,3,6-7,9H2,2,4-5H3/t13-,14?,15-,17?/m0/s1. The Balaban J connectivity index is 2.19. The average Bonchev–Trinajstić information content (AvgIpc) is 2.68. The van der Waals surface area contributed by atoms with E-state index in [9.17, 15) is 9.59 Å². The number of hydrogen-bond donors (Lipinski definition) is 0. The van der Waals surface area contributed by atoms with Crippen LogP contribution in [-0.2, 0) is 9.59 Å². The average molecular weight is 296 g/mol. The molecule has 4 atom stereocenters. The van der Waals surface area contributed by atoms with Crippen LogP contribution in [0.1, 0.15) is 40.0 Å². The summed E-state index contributed by atoms with van der Waals surface area (Å²) in [6, 6.07) is 0. The number of Topliss-reactive ketones (excluding diaryl/α,β-unsaturated/α-hetero) is 2. The highest BCUT2D eigenvalue weighted by Gasteiger charge is 2.46. The fourth-order valence-corrected chi connectivity index (χ4v) is 4.46. The molecule has 3 aliphatic carbocycles. The van der Waals surface area contributed by atoms with E-state index in [-0.39, 0.29) is 29.3 Å². The van der Waals surface area contributed by atoms with Gasteiger partial charge in [0.2, 0.25) is 0 Å². The molecule has 0 aliphatic heterocycles. The van der Waals surface area contributed by atoms with E-state index in [1.54, 1.807) is 0 Å². The van der Waals surface area contributed by atoms with Gasteiger partial charge in [0, 0.05) is 23.0 Å². The number of allylic oxidation sites excluding steroid dienone is 6. The largest absolute Gasteiger partial charge is 0.294 e. The SMILES string of the molecule is C=C(C)C1CCC(=C)C2C3=C(C[C@H](C)C3=O)C(=O)C(C)=C[C@@H]12. The van der Waals surface area contributed by atoms with Crippen molar-refractivity contribution in [2.24, 2.45) is 23.7 Å². The maximum absolute atomic E-state index is 12.7. The van der Waals surface area contributed by atoms with Gasteiger partial charge in [-0.15, -0.1) is 0 Å². The number of rotatable bonds is 1. The van der Waals surface area contributed by atoms with Crippen molar-refractivity contribution in [3.05, 3.63) is 47.1 Å². The summed E-state index contributed by atoms with van der Waals surface area (Å²) in [6.07, 6.45) is 4.61. The lowest BCUT2D eigenvalue weighted by molar-refractivity contribution is -0.118. The third kappa shape index (κ3) is 2.08. The molecular weight excluding hydrogens is 272 g/mol. The van der Waals surface area contributed by atoms with E-state index in [1.165, 1.54) is 0 Å². The van der Waals surface area contributed by atoms with Gasteiger partial charge in [-0.3, -0.25) is 9.59 Å². The van der Waals surface area contributed by atoms with E-state index in [4.69, 9.17) is 0 Å². The number of ketones is 2. The molecule has 0 saturated heterocycles. The molecule has 22 heavy (non-hydrogen) atoms. The van der Waals surface area contributed by atoms with Gasteiger partial charge >= 0.3 is 0 Å². The van der Waals surface area contributed by atoms with Crippen molar-refractivity contribution in [3.8, 4) is 0 Å². The van der Waals surface area contributed by atoms with E-state index >= 15 is 0 Å². The van der Waals surface area contributed by atoms with Gasteiger partial charge in [0.1, 0.15) is 0 Å². The van der Waals surface area contributed by atoms with Gasteiger partial charge < -0.3 is 0 Å². The van der Waals surface area contributed by atoms with Gasteiger partial charge in [-0.05, 0) is 50.5 Å². The van der Waals surface area contributed by atoms with Crippen LogP contribution in [-0.4, -0.2) is 11.6 Å². The summed E-state index contributed by atoms with van der Waals surface area (Å²) >= 11 is 0. The molecule has 0 heterocycles. The van der Waals surface area contributed by atoms with Crippen molar-refractivity contribution in [3.63, 3.8) is 0 Å². The first-order chi connectivity index (χ1) is 10.3. The van der Waals surface area contributed by atoms with Crippen LogP contribution in [0, 0.1) is 23.7 Å². The van der Waals surface area contributed by atoms with Crippen molar-refractivity contribution in [1.82, 2.24) is 0 Å². The molecule has 1 fully saturated rings. The topological polar surface area (TPSA) is 34.1 Å². The van der Waals surface area contributed by atoms with Crippen molar-refractivity contribution < 1.29 is 9.59 Å². The number of hydrogen-bond acceptors (Lipinski definition) is 2. The maximum atomic E-state index is 12.7. The number of carbonyl (C=O) groups excluding carboxylic acids is 2. The zero-order chi connectivity index (χ0) is 16.2. The van der Waals surface area contributed by atoms with E-state index in [2.05, 4.69) is 26.2 Å². The third-order valence-corrected chi connectivity index (χ3v) is 5.63.